The molecule has 0 saturated carbocycles. The van der Waals surface area contributed by atoms with E-state index in [4.69, 9.17) is 5.26 Å². The quantitative estimate of drug-likeness (QED) is 0.603. The van der Waals surface area contributed by atoms with Crippen LogP contribution in [-0.2, 0) is 0 Å². The Morgan fingerprint density at radius 1 is 1.89 bits per heavy atom. The third kappa shape index (κ3) is 1.08. The smallest absolute Gasteiger partial charge is 0.0851 e. The summed E-state index contributed by atoms with van der Waals surface area (Å²) in [5.74, 6) is -0.0764. The molecule has 0 amide bonds. The maximum atomic E-state index is 8.41. The zero-order valence-corrected chi connectivity index (χ0v) is 5.13. The van der Waals surface area contributed by atoms with Crippen molar-refractivity contribution in [1.82, 2.24) is 10.2 Å². The van der Waals surface area contributed by atoms with Crippen molar-refractivity contribution in [3.8, 4) is 6.07 Å². The van der Waals surface area contributed by atoms with Gasteiger partial charge in [0.2, 0.25) is 0 Å². The second-order valence-electron chi connectivity index (χ2n) is 1.86. The maximum Gasteiger partial charge on any atom is 0.0851 e. The molecule has 0 aliphatic carbocycles. The standard InChI is InChI=1S/C6H7N3/c1-5(4-7)6-2-3-8-9-6/h2-3,5H,1H3,(H,8,9). The van der Waals surface area contributed by atoms with Crippen molar-refractivity contribution < 1.29 is 0 Å². The number of aromatic nitrogens is 2. The highest BCUT2D eigenvalue weighted by Gasteiger charge is 2.02. The molecule has 1 atom stereocenters. The van der Waals surface area contributed by atoms with Gasteiger partial charge >= 0.3 is 0 Å². The molecule has 0 aliphatic rings. The molecule has 1 aromatic heterocycles. The average molecular weight is 121 g/mol. The van der Waals surface area contributed by atoms with E-state index in [-0.39, 0.29) is 5.92 Å². The zero-order chi connectivity index (χ0) is 6.69. The summed E-state index contributed by atoms with van der Waals surface area (Å²) in [5, 5.41) is 14.8. The number of H-pyrrole nitrogens is 1. The molecule has 3 heteroatoms. The van der Waals surface area contributed by atoms with Gasteiger partial charge in [-0.3, -0.25) is 5.10 Å². The van der Waals surface area contributed by atoms with E-state index >= 15 is 0 Å². The van der Waals surface area contributed by atoms with Crippen LogP contribution in [0.2, 0.25) is 0 Å². The molecule has 1 heterocycles. The van der Waals surface area contributed by atoms with Gasteiger partial charge in [-0.25, -0.2) is 0 Å². The van der Waals surface area contributed by atoms with Gasteiger partial charge in [0.25, 0.3) is 0 Å². The number of hydrogen-bond acceptors (Lipinski definition) is 2. The van der Waals surface area contributed by atoms with Crippen LogP contribution < -0.4 is 0 Å². The molecule has 46 valence electrons. The summed E-state index contributed by atoms with van der Waals surface area (Å²) in [7, 11) is 0. The second-order valence-corrected chi connectivity index (χ2v) is 1.86. The number of nitrogens with zero attached hydrogens (tertiary/aromatic N) is 2. The van der Waals surface area contributed by atoms with Crippen LogP contribution in [0.4, 0.5) is 0 Å². The normalized spacial score (nSPS) is 12.4. The van der Waals surface area contributed by atoms with Crippen LogP contribution in [0.5, 0.6) is 0 Å². The number of nitrogens with one attached hydrogen (secondary N) is 1. The summed E-state index contributed by atoms with van der Waals surface area (Å²) in [5.41, 5.74) is 0.873. The molecule has 0 bridgehead atoms. The van der Waals surface area contributed by atoms with Crippen molar-refractivity contribution in [3.05, 3.63) is 18.0 Å². The first-order valence-corrected chi connectivity index (χ1v) is 2.73. The van der Waals surface area contributed by atoms with Gasteiger partial charge in [-0.2, -0.15) is 10.4 Å². The lowest BCUT2D eigenvalue weighted by atomic mass is 10.1. The molecule has 0 fully saturated rings. The third-order valence-corrected chi connectivity index (χ3v) is 1.18. The number of rotatable bonds is 1. The molecule has 0 radical (unpaired) electrons. The minimum Gasteiger partial charge on any atom is -0.281 e. The van der Waals surface area contributed by atoms with Gasteiger partial charge in [0.05, 0.1) is 17.7 Å². The van der Waals surface area contributed by atoms with Crippen molar-refractivity contribution in [2.24, 2.45) is 0 Å². The van der Waals surface area contributed by atoms with Crippen LogP contribution in [0, 0.1) is 11.3 Å². The fraction of sp³-hybridized carbons (Fsp3) is 0.333. The predicted molar refractivity (Wildman–Crippen MR) is 32.6 cm³/mol. The summed E-state index contributed by atoms with van der Waals surface area (Å²) in [6, 6.07) is 3.90. The van der Waals surface area contributed by atoms with Gasteiger partial charge in [0, 0.05) is 6.20 Å². The molecular weight excluding hydrogens is 114 g/mol. The van der Waals surface area contributed by atoms with Crippen LogP contribution in [0.15, 0.2) is 12.3 Å². The topological polar surface area (TPSA) is 52.5 Å². The summed E-state index contributed by atoms with van der Waals surface area (Å²) in [6.07, 6.45) is 1.64. The minimum atomic E-state index is -0.0764. The number of nitriles is 1. The first-order chi connectivity index (χ1) is 4.34. The Morgan fingerprint density at radius 3 is 3.11 bits per heavy atom. The van der Waals surface area contributed by atoms with Crippen molar-refractivity contribution >= 4 is 0 Å². The van der Waals surface area contributed by atoms with Gasteiger partial charge < -0.3 is 0 Å². The van der Waals surface area contributed by atoms with E-state index in [1.54, 1.807) is 12.3 Å². The lowest BCUT2D eigenvalue weighted by Crippen LogP contribution is -1.88. The maximum absolute atomic E-state index is 8.41. The molecular formula is C6H7N3. The fourth-order valence-corrected chi connectivity index (χ4v) is 0.577. The molecule has 3 nitrogen and oxygen atoms in total. The third-order valence-electron chi connectivity index (χ3n) is 1.18. The summed E-state index contributed by atoms with van der Waals surface area (Å²) >= 11 is 0. The van der Waals surface area contributed by atoms with Gasteiger partial charge in [-0.1, -0.05) is 0 Å². The summed E-state index contributed by atoms with van der Waals surface area (Å²) < 4.78 is 0. The summed E-state index contributed by atoms with van der Waals surface area (Å²) in [4.78, 5) is 0. The first kappa shape index (κ1) is 5.83. The van der Waals surface area contributed by atoms with E-state index in [1.807, 2.05) is 6.92 Å². The Morgan fingerprint density at radius 2 is 2.67 bits per heavy atom. The van der Waals surface area contributed by atoms with Crippen molar-refractivity contribution in [2.45, 2.75) is 12.8 Å². The van der Waals surface area contributed by atoms with Crippen molar-refractivity contribution in [3.63, 3.8) is 0 Å². The van der Waals surface area contributed by atoms with E-state index in [0.717, 1.165) is 5.69 Å². The van der Waals surface area contributed by atoms with Crippen LogP contribution in [0.1, 0.15) is 18.5 Å². The van der Waals surface area contributed by atoms with Crippen LogP contribution in [-0.4, -0.2) is 10.2 Å². The number of hydrogen-bond donors (Lipinski definition) is 1. The second kappa shape index (κ2) is 2.31. The summed E-state index contributed by atoms with van der Waals surface area (Å²) in [6.45, 7) is 1.83. The molecule has 0 saturated heterocycles. The molecule has 0 aromatic carbocycles. The highest BCUT2D eigenvalue weighted by atomic mass is 15.1. The molecule has 1 N–H and O–H groups in total. The van der Waals surface area contributed by atoms with Crippen molar-refractivity contribution in [1.29, 1.82) is 5.26 Å². The molecule has 1 rings (SSSR count). The Balaban J connectivity index is 2.80. The lowest BCUT2D eigenvalue weighted by molar-refractivity contribution is 0.894. The van der Waals surface area contributed by atoms with Gasteiger partial charge in [0.15, 0.2) is 0 Å². The molecule has 0 spiro atoms. The molecule has 1 aromatic rings. The monoisotopic (exact) mass is 121 g/mol. The Bertz CT molecular complexity index is 207. The Hall–Kier alpha value is -1.30. The molecule has 1 unspecified atom stereocenters. The highest BCUT2D eigenvalue weighted by molar-refractivity contribution is 5.11. The number of aromatic amines is 1. The highest BCUT2D eigenvalue weighted by Crippen LogP contribution is 2.07. The SMILES string of the molecule is CC(C#N)c1ccn[nH]1. The van der Waals surface area contributed by atoms with E-state index in [0.29, 0.717) is 0 Å². The first-order valence-electron chi connectivity index (χ1n) is 2.73. The fourth-order valence-electron chi connectivity index (χ4n) is 0.577. The Labute approximate surface area is 53.3 Å². The minimum absolute atomic E-state index is 0.0764. The van der Waals surface area contributed by atoms with E-state index < -0.39 is 0 Å². The predicted octanol–water partition coefficient (Wildman–Crippen LogP) is 1.04. The van der Waals surface area contributed by atoms with E-state index in [1.165, 1.54) is 0 Å². The zero-order valence-electron chi connectivity index (χ0n) is 5.13. The molecule has 0 aliphatic heterocycles. The van der Waals surface area contributed by atoms with Gasteiger partial charge in [0.1, 0.15) is 0 Å². The van der Waals surface area contributed by atoms with E-state index in [9.17, 15) is 0 Å². The average Bonchev–Trinajstić information content (AvgIpc) is 2.37. The largest absolute Gasteiger partial charge is 0.281 e. The van der Waals surface area contributed by atoms with Crippen LogP contribution in [0.25, 0.3) is 0 Å². The molecule has 9 heavy (non-hydrogen) atoms. The van der Waals surface area contributed by atoms with Crippen LogP contribution in [0.3, 0.4) is 0 Å². The van der Waals surface area contributed by atoms with E-state index in [2.05, 4.69) is 16.3 Å². The van der Waals surface area contributed by atoms with Crippen LogP contribution >= 0.6 is 0 Å². The van der Waals surface area contributed by atoms with Gasteiger partial charge in [-0.05, 0) is 13.0 Å². The van der Waals surface area contributed by atoms with Crippen molar-refractivity contribution in [2.75, 3.05) is 0 Å². The van der Waals surface area contributed by atoms with Gasteiger partial charge in [-0.15, -0.1) is 0 Å². The lowest BCUT2D eigenvalue weighted by Gasteiger charge is -1.92. The Kier molecular flexibility index (Phi) is 1.50.